The van der Waals surface area contributed by atoms with Crippen LogP contribution < -0.4 is 0 Å². The van der Waals surface area contributed by atoms with E-state index >= 15 is 0 Å². The van der Waals surface area contributed by atoms with Crippen LogP contribution in [0.4, 0.5) is 0 Å². The van der Waals surface area contributed by atoms with Gasteiger partial charge in [0.05, 0.1) is 29.1 Å². The summed E-state index contributed by atoms with van der Waals surface area (Å²) in [6.07, 6.45) is 3.16. The fourth-order valence-electron chi connectivity index (χ4n) is 4.69. The number of aromatic nitrogens is 2. The zero-order chi connectivity index (χ0) is 21.8. The van der Waals surface area contributed by atoms with Gasteiger partial charge in [0.15, 0.2) is 5.76 Å². The van der Waals surface area contributed by atoms with E-state index in [0.717, 1.165) is 0 Å². The Balaban J connectivity index is 1.46. The number of hydrogen-bond acceptors (Lipinski definition) is 5. The van der Waals surface area contributed by atoms with Crippen molar-refractivity contribution in [2.75, 3.05) is 19.6 Å². The first kappa shape index (κ1) is 18.6. The van der Waals surface area contributed by atoms with Gasteiger partial charge in [-0.05, 0) is 30.3 Å². The lowest BCUT2D eigenvalue weighted by Gasteiger charge is -2.43. The number of fused-ring (bicyclic) bond motifs is 5. The van der Waals surface area contributed by atoms with Crippen LogP contribution in [-0.2, 0) is 4.79 Å². The normalized spacial score (nSPS) is 18.1. The molecular weight excluding hydrogens is 408 g/mol. The number of amides is 2. The first-order valence-electron chi connectivity index (χ1n) is 10.4. The van der Waals surface area contributed by atoms with Gasteiger partial charge in [0, 0.05) is 36.8 Å². The second-order valence-corrected chi connectivity index (χ2v) is 7.93. The molecule has 0 bridgehead atoms. The molecule has 158 valence electrons. The average molecular weight is 426 g/mol. The number of carbonyl (C=O) groups excluding carboxylic acids is 3. The van der Waals surface area contributed by atoms with Gasteiger partial charge >= 0.3 is 0 Å². The molecule has 0 spiro atoms. The van der Waals surface area contributed by atoms with Gasteiger partial charge in [-0.15, -0.1) is 0 Å². The van der Waals surface area contributed by atoms with Crippen molar-refractivity contribution in [2.45, 2.75) is 6.04 Å². The first-order chi connectivity index (χ1) is 15.6. The van der Waals surface area contributed by atoms with E-state index in [4.69, 9.17) is 4.42 Å². The Morgan fingerprint density at radius 2 is 1.91 bits per heavy atom. The second-order valence-electron chi connectivity index (χ2n) is 7.93. The van der Waals surface area contributed by atoms with E-state index < -0.39 is 17.7 Å². The van der Waals surface area contributed by atoms with Crippen molar-refractivity contribution >= 4 is 28.5 Å². The Morgan fingerprint density at radius 3 is 2.69 bits per heavy atom. The Bertz CT molecular complexity index is 1370. The molecule has 0 radical (unpaired) electrons. The second kappa shape index (κ2) is 6.91. The van der Waals surface area contributed by atoms with Crippen LogP contribution >= 0.6 is 0 Å². The van der Waals surface area contributed by atoms with Crippen LogP contribution in [-0.4, -0.2) is 57.0 Å². The molecule has 0 aliphatic carbocycles. The Morgan fingerprint density at radius 1 is 1.06 bits per heavy atom. The van der Waals surface area contributed by atoms with Crippen molar-refractivity contribution in [3.05, 3.63) is 77.8 Å². The maximum absolute atomic E-state index is 13.0. The molecule has 8 heteroatoms. The predicted octanol–water partition coefficient (Wildman–Crippen LogP) is 3.04. The number of carbonyl (C=O) groups is 3. The molecule has 1 fully saturated rings. The van der Waals surface area contributed by atoms with Gasteiger partial charge in [0.25, 0.3) is 17.6 Å². The van der Waals surface area contributed by atoms with Crippen LogP contribution in [0.2, 0.25) is 0 Å². The van der Waals surface area contributed by atoms with Crippen LogP contribution in [0.1, 0.15) is 32.5 Å². The molecular formula is C24H18N4O4. The number of ketones is 1. The van der Waals surface area contributed by atoms with Gasteiger partial charge in [-0.2, -0.15) is 0 Å². The van der Waals surface area contributed by atoms with Gasteiger partial charge in [-0.3, -0.25) is 19.4 Å². The number of hydrogen-bond donors (Lipinski definition) is 1. The molecule has 2 aliphatic rings. The van der Waals surface area contributed by atoms with E-state index in [1.165, 1.54) is 0 Å². The molecule has 1 atom stereocenters. The zero-order valence-electron chi connectivity index (χ0n) is 16.9. The molecule has 8 nitrogen and oxygen atoms in total. The van der Waals surface area contributed by atoms with Crippen molar-refractivity contribution in [1.82, 2.24) is 19.8 Å². The molecule has 1 saturated heterocycles. The highest BCUT2D eigenvalue weighted by Gasteiger charge is 2.44. The largest absolute Gasteiger partial charge is 0.463 e. The number of nitrogens with one attached hydrogen (secondary N) is 1. The van der Waals surface area contributed by atoms with E-state index in [9.17, 15) is 14.4 Å². The Labute approximate surface area is 182 Å². The van der Waals surface area contributed by atoms with Gasteiger partial charge in [-0.1, -0.05) is 18.2 Å². The van der Waals surface area contributed by atoms with Crippen LogP contribution in [0.15, 0.2) is 65.4 Å². The summed E-state index contributed by atoms with van der Waals surface area (Å²) >= 11 is 0. The summed E-state index contributed by atoms with van der Waals surface area (Å²) in [4.78, 5) is 50.1. The van der Waals surface area contributed by atoms with Crippen molar-refractivity contribution in [3.63, 3.8) is 0 Å². The molecule has 6 rings (SSSR count). The summed E-state index contributed by atoms with van der Waals surface area (Å²) < 4.78 is 5.51. The number of H-pyrrole nitrogens is 1. The fraction of sp³-hybridized carbons (Fsp3) is 0.167. The van der Waals surface area contributed by atoms with Crippen LogP contribution in [0, 0.1) is 0 Å². The van der Waals surface area contributed by atoms with E-state index in [0.29, 0.717) is 58.8 Å². The fourth-order valence-corrected chi connectivity index (χ4v) is 4.69. The van der Waals surface area contributed by atoms with Crippen molar-refractivity contribution < 1.29 is 18.8 Å². The molecule has 1 aromatic carbocycles. The third-order valence-electron chi connectivity index (χ3n) is 6.21. The number of furan rings is 1. The van der Waals surface area contributed by atoms with E-state index in [-0.39, 0.29) is 5.91 Å². The molecule has 32 heavy (non-hydrogen) atoms. The van der Waals surface area contributed by atoms with Crippen molar-refractivity contribution in [2.24, 2.45) is 0 Å². The summed E-state index contributed by atoms with van der Waals surface area (Å²) in [7, 11) is 0. The molecule has 2 aliphatic heterocycles. The van der Waals surface area contributed by atoms with Gasteiger partial charge in [-0.25, -0.2) is 0 Å². The monoisotopic (exact) mass is 426 g/mol. The molecule has 5 heterocycles. The lowest BCUT2D eigenvalue weighted by molar-refractivity contribution is -0.131. The summed E-state index contributed by atoms with van der Waals surface area (Å²) in [5, 5.41) is 0.630. The molecule has 3 aromatic heterocycles. The molecule has 2 amide bonds. The lowest BCUT2D eigenvalue weighted by atomic mass is 9.93. The van der Waals surface area contributed by atoms with Gasteiger partial charge < -0.3 is 19.2 Å². The molecule has 0 unspecified atom stereocenters. The van der Waals surface area contributed by atoms with E-state index in [1.54, 1.807) is 52.6 Å². The minimum Gasteiger partial charge on any atom is -0.463 e. The number of pyridine rings is 1. The quantitative estimate of drug-likeness (QED) is 0.497. The van der Waals surface area contributed by atoms with Crippen LogP contribution in [0.3, 0.4) is 0 Å². The number of benzene rings is 1. The summed E-state index contributed by atoms with van der Waals surface area (Å²) in [5.74, 6) is -0.604. The Hall–Kier alpha value is -4.20. The van der Waals surface area contributed by atoms with E-state index in [1.807, 2.05) is 18.2 Å². The molecule has 4 aromatic rings. The number of rotatable bonds is 2. The summed E-state index contributed by atoms with van der Waals surface area (Å²) in [5.41, 5.74) is 2.80. The summed E-state index contributed by atoms with van der Waals surface area (Å²) in [6.45, 7) is 0.972. The number of nitrogens with zero attached hydrogens (tertiary/aromatic N) is 3. The lowest BCUT2D eigenvalue weighted by Crippen LogP contribution is -2.56. The van der Waals surface area contributed by atoms with Crippen molar-refractivity contribution in [3.8, 4) is 11.5 Å². The minimum atomic E-state index is -0.540. The Kier molecular flexibility index (Phi) is 4.01. The third kappa shape index (κ3) is 2.62. The van der Waals surface area contributed by atoms with Gasteiger partial charge in [0.2, 0.25) is 0 Å². The summed E-state index contributed by atoms with van der Waals surface area (Å²) in [6, 6.07) is 13.9. The predicted molar refractivity (Wildman–Crippen MR) is 115 cm³/mol. The smallest absolute Gasteiger partial charge is 0.295 e. The standard InChI is InChI=1S/C24H18N4O4/c29-22-18-15-8-9-25-21(17-7-4-12-32-17)19(15)26-20(18)16-13-27(10-11-28(16)24(22)31)23(30)14-5-2-1-3-6-14/h1-9,12,16,26H,10-11,13H2/t16-/m0/s1. The molecule has 1 N–H and O–H groups in total. The van der Waals surface area contributed by atoms with Crippen molar-refractivity contribution in [1.29, 1.82) is 0 Å². The highest BCUT2D eigenvalue weighted by molar-refractivity contribution is 6.46. The average Bonchev–Trinajstić information content (AvgIpc) is 3.50. The van der Waals surface area contributed by atoms with E-state index in [2.05, 4.69) is 9.97 Å². The third-order valence-corrected chi connectivity index (χ3v) is 6.21. The number of piperazine rings is 1. The number of Topliss-reactive ketones (excluding diaryl/α,β-unsaturated/α-hetero) is 1. The number of aromatic amines is 1. The first-order valence-corrected chi connectivity index (χ1v) is 10.4. The highest BCUT2D eigenvalue weighted by Crippen LogP contribution is 2.39. The maximum Gasteiger partial charge on any atom is 0.295 e. The molecule has 0 saturated carbocycles. The zero-order valence-corrected chi connectivity index (χ0v) is 16.9. The minimum absolute atomic E-state index is 0.0924. The highest BCUT2D eigenvalue weighted by atomic mass is 16.3. The maximum atomic E-state index is 13.0. The topological polar surface area (TPSA) is 99.5 Å². The van der Waals surface area contributed by atoms with Gasteiger partial charge in [0.1, 0.15) is 5.69 Å². The van der Waals surface area contributed by atoms with Crippen LogP contribution in [0.25, 0.3) is 22.4 Å². The SMILES string of the molecule is O=C1C(=O)N2CCN(C(=O)c3ccccc3)C[C@H]2c2[nH]c3c(-c4ccco4)nccc3c21. The van der Waals surface area contributed by atoms with Crippen LogP contribution in [0.5, 0.6) is 0 Å².